The molecule has 0 atom stereocenters. The number of esters is 3. The SMILES string of the molecule is C=C(C)C(=O)OCC(COC(=O)C(=C)C)OC(=O)CCCCCCCN(N(C=O)CCCCCCOC#N)N(C=O)CCCCCCOC#N. The Balaban J connectivity index is 4.91. The summed E-state index contributed by atoms with van der Waals surface area (Å²) in [6.45, 7) is 11.4. The molecular weight excluding hydrogens is 650 g/mol. The van der Waals surface area contributed by atoms with Crippen molar-refractivity contribution in [2.75, 3.05) is 46.1 Å². The fraction of sp³-hybridized carbons (Fsp3) is 0.686. The first kappa shape index (κ1) is 45.4. The summed E-state index contributed by atoms with van der Waals surface area (Å²) in [5.41, 5.74) is 0.362. The second kappa shape index (κ2) is 30.4. The number of unbranched alkanes of at least 4 members (excludes halogenated alkanes) is 10. The molecular formula is C35H55N5O10. The zero-order valence-corrected chi connectivity index (χ0v) is 29.8. The van der Waals surface area contributed by atoms with Crippen molar-refractivity contribution in [3.63, 3.8) is 0 Å². The number of ether oxygens (including phenoxy) is 5. The van der Waals surface area contributed by atoms with Gasteiger partial charge in [-0.1, -0.05) is 45.3 Å². The summed E-state index contributed by atoms with van der Waals surface area (Å²) >= 11 is 0. The van der Waals surface area contributed by atoms with Gasteiger partial charge in [-0.05, 0) is 65.2 Å². The van der Waals surface area contributed by atoms with Gasteiger partial charge in [0.1, 0.15) is 26.4 Å². The highest BCUT2D eigenvalue weighted by Crippen LogP contribution is 2.13. The van der Waals surface area contributed by atoms with E-state index in [0.717, 1.165) is 83.4 Å². The molecule has 50 heavy (non-hydrogen) atoms. The maximum atomic E-state index is 12.5. The monoisotopic (exact) mass is 705 g/mol. The topological polar surface area (TPSA) is 189 Å². The average molecular weight is 706 g/mol. The van der Waals surface area contributed by atoms with Gasteiger partial charge in [0.05, 0.1) is 0 Å². The molecule has 0 aromatic rings. The minimum atomic E-state index is -0.975. The average Bonchev–Trinajstić information content (AvgIpc) is 3.10. The molecule has 0 aliphatic rings. The highest BCUT2D eigenvalue weighted by molar-refractivity contribution is 5.87. The molecule has 15 nitrogen and oxygen atoms in total. The van der Waals surface area contributed by atoms with Gasteiger partial charge in [0.2, 0.25) is 12.8 Å². The van der Waals surface area contributed by atoms with Gasteiger partial charge in [-0.2, -0.15) is 10.5 Å². The Labute approximate surface area is 296 Å². The van der Waals surface area contributed by atoms with Gasteiger partial charge in [-0.3, -0.25) is 24.4 Å². The molecule has 0 fully saturated rings. The van der Waals surface area contributed by atoms with Gasteiger partial charge in [0, 0.05) is 37.2 Å². The lowest BCUT2D eigenvalue weighted by Gasteiger charge is -2.38. The molecule has 0 saturated carbocycles. The zero-order valence-electron chi connectivity index (χ0n) is 29.8. The fourth-order valence-electron chi connectivity index (χ4n) is 4.54. The van der Waals surface area contributed by atoms with Crippen molar-refractivity contribution in [3.05, 3.63) is 24.3 Å². The molecule has 0 heterocycles. The molecule has 0 aromatic carbocycles. The van der Waals surface area contributed by atoms with E-state index in [9.17, 15) is 24.0 Å². The van der Waals surface area contributed by atoms with Crippen molar-refractivity contribution in [2.45, 2.75) is 110 Å². The highest BCUT2D eigenvalue weighted by Gasteiger charge is 2.21. The van der Waals surface area contributed by atoms with Crippen molar-refractivity contribution in [1.29, 1.82) is 10.5 Å². The van der Waals surface area contributed by atoms with Gasteiger partial charge >= 0.3 is 17.9 Å². The Kier molecular flexibility index (Phi) is 27.6. The molecule has 0 aliphatic carbocycles. The maximum absolute atomic E-state index is 12.5. The highest BCUT2D eigenvalue weighted by atomic mass is 16.6. The van der Waals surface area contributed by atoms with Crippen LogP contribution in [0.4, 0.5) is 0 Å². The minimum absolute atomic E-state index is 0.120. The van der Waals surface area contributed by atoms with Gasteiger partial charge in [0.15, 0.2) is 6.10 Å². The van der Waals surface area contributed by atoms with Crippen LogP contribution >= 0.6 is 0 Å². The minimum Gasteiger partial charge on any atom is -0.458 e. The maximum Gasteiger partial charge on any atom is 0.333 e. The molecule has 0 aromatic heterocycles. The molecule has 280 valence electrons. The second-order valence-electron chi connectivity index (χ2n) is 11.7. The third-order valence-corrected chi connectivity index (χ3v) is 7.27. The first-order chi connectivity index (χ1) is 24.1. The standard InChI is InChI=1S/C35H55N5O10/c1-30(2)34(44)48-24-32(25-49-35(45)31(3)4)50-33(43)18-12-6-5-7-15-21-40(38(28-41)19-13-8-10-16-22-46-26-36)39(29-42)20-14-9-11-17-23-47-27-37/h28-29,32H,1,3,5-25H2,2,4H3. The van der Waals surface area contributed by atoms with Crippen LogP contribution in [0.5, 0.6) is 0 Å². The smallest absolute Gasteiger partial charge is 0.333 e. The third kappa shape index (κ3) is 23.7. The normalized spacial score (nSPS) is 10.4. The predicted molar refractivity (Wildman–Crippen MR) is 181 cm³/mol. The van der Waals surface area contributed by atoms with Gasteiger partial charge < -0.3 is 23.7 Å². The van der Waals surface area contributed by atoms with E-state index in [1.54, 1.807) is 17.6 Å². The largest absolute Gasteiger partial charge is 0.458 e. The molecule has 0 bridgehead atoms. The van der Waals surface area contributed by atoms with Crippen molar-refractivity contribution in [2.24, 2.45) is 0 Å². The van der Waals surface area contributed by atoms with Crippen molar-refractivity contribution in [1.82, 2.24) is 15.1 Å². The number of nitriles is 2. The Morgan fingerprint density at radius 1 is 0.640 bits per heavy atom. The zero-order chi connectivity index (χ0) is 37.4. The Bertz CT molecular complexity index is 1050. The van der Waals surface area contributed by atoms with Crippen LogP contribution in [0.1, 0.15) is 104 Å². The molecule has 0 radical (unpaired) electrons. The van der Waals surface area contributed by atoms with E-state index in [1.165, 1.54) is 23.9 Å². The Hall–Kier alpha value is -4.63. The number of amides is 2. The first-order valence-electron chi connectivity index (χ1n) is 17.2. The van der Waals surface area contributed by atoms with Gasteiger partial charge in [-0.25, -0.2) is 9.59 Å². The predicted octanol–water partition coefficient (Wildman–Crippen LogP) is 4.64. The van der Waals surface area contributed by atoms with Crippen molar-refractivity contribution >= 4 is 30.7 Å². The Morgan fingerprint density at radius 2 is 1.04 bits per heavy atom. The third-order valence-electron chi connectivity index (χ3n) is 7.27. The van der Waals surface area contributed by atoms with Gasteiger partial charge in [-0.15, -0.1) is 5.12 Å². The van der Waals surface area contributed by atoms with Crippen LogP contribution in [0.3, 0.4) is 0 Å². The summed E-state index contributed by atoms with van der Waals surface area (Å²) in [7, 11) is 0. The lowest BCUT2D eigenvalue weighted by Crippen LogP contribution is -2.53. The summed E-state index contributed by atoms with van der Waals surface area (Å²) in [6.07, 6.45) is 13.8. The summed E-state index contributed by atoms with van der Waals surface area (Å²) in [5.74, 6) is -1.82. The van der Waals surface area contributed by atoms with Gasteiger partial charge in [0.25, 0.3) is 12.5 Å². The van der Waals surface area contributed by atoms with Crippen LogP contribution in [0.25, 0.3) is 0 Å². The number of nitrogens with zero attached hydrogens (tertiary/aromatic N) is 5. The molecule has 15 heteroatoms. The van der Waals surface area contributed by atoms with Crippen molar-refractivity contribution < 1.29 is 47.7 Å². The second-order valence-corrected chi connectivity index (χ2v) is 11.7. The molecule has 0 saturated heterocycles. The van der Waals surface area contributed by atoms with Crippen LogP contribution in [-0.2, 0) is 47.7 Å². The van der Waals surface area contributed by atoms with E-state index < -0.39 is 24.0 Å². The van der Waals surface area contributed by atoms with Crippen LogP contribution < -0.4 is 0 Å². The molecule has 0 aliphatic heterocycles. The molecule has 0 unspecified atom stereocenters. The van der Waals surface area contributed by atoms with Crippen molar-refractivity contribution in [3.8, 4) is 12.5 Å². The number of carbonyl (C=O) groups is 5. The molecule has 0 N–H and O–H groups in total. The number of hydrogen-bond donors (Lipinski definition) is 0. The van der Waals surface area contributed by atoms with E-state index in [0.29, 0.717) is 45.7 Å². The summed E-state index contributed by atoms with van der Waals surface area (Å²) in [6, 6.07) is 0. The van der Waals surface area contributed by atoms with Crippen LogP contribution in [0.2, 0.25) is 0 Å². The number of rotatable bonds is 33. The lowest BCUT2D eigenvalue weighted by molar-refractivity contribution is -0.186. The van der Waals surface area contributed by atoms with E-state index in [2.05, 4.69) is 13.2 Å². The van der Waals surface area contributed by atoms with E-state index in [-0.39, 0.29) is 30.8 Å². The molecule has 0 spiro atoms. The first-order valence-corrected chi connectivity index (χ1v) is 17.2. The number of hydrogen-bond acceptors (Lipinski definition) is 13. The Morgan fingerprint density at radius 3 is 1.46 bits per heavy atom. The van der Waals surface area contributed by atoms with Crippen LogP contribution in [-0.4, -0.2) is 98.0 Å². The van der Waals surface area contributed by atoms with Crippen LogP contribution in [0, 0.1) is 23.0 Å². The fourth-order valence-corrected chi connectivity index (χ4v) is 4.54. The summed E-state index contributed by atoms with van der Waals surface area (Å²) in [5, 5.41) is 21.7. The number of hydrazine groups is 2. The number of carbonyl (C=O) groups excluding carboxylic acids is 5. The summed E-state index contributed by atoms with van der Waals surface area (Å²) < 4.78 is 25.0. The molecule has 2 amide bonds. The van der Waals surface area contributed by atoms with E-state index >= 15 is 0 Å². The lowest BCUT2D eigenvalue weighted by atomic mass is 10.1. The van der Waals surface area contributed by atoms with E-state index in [4.69, 9.17) is 34.2 Å². The molecule has 0 rings (SSSR count). The quantitative estimate of drug-likeness (QED) is 0.0175. The van der Waals surface area contributed by atoms with E-state index in [1.807, 2.05) is 0 Å². The summed E-state index contributed by atoms with van der Waals surface area (Å²) in [4.78, 5) is 60.3. The van der Waals surface area contributed by atoms with Crippen LogP contribution in [0.15, 0.2) is 24.3 Å².